The summed E-state index contributed by atoms with van der Waals surface area (Å²) in [7, 11) is 0.208. The van der Waals surface area contributed by atoms with Crippen molar-refractivity contribution >= 4 is 22.0 Å². The predicted octanol–water partition coefficient (Wildman–Crippen LogP) is 0.258. The number of rotatable bonds is 7. The zero-order chi connectivity index (χ0) is 12.7. The molecule has 0 spiro atoms. The van der Waals surface area contributed by atoms with Crippen molar-refractivity contribution in [2.45, 2.75) is 25.3 Å². The van der Waals surface area contributed by atoms with Crippen molar-refractivity contribution in [3.8, 4) is 0 Å². The van der Waals surface area contributed by atoms with E-state index in [1.165, 1.54) is 4.31 Å². The second kappa shape index (κ2) is 7.58. The molecule has 1 rings (SSSR count). The number of hydrogen-bond acceptors (Lipinski definition) is 4. The average Bonchev–Trinajstić information content (AvgIpc) is 2.30. The van der Waals surface area contributed by atoms with Gasteiger partial charge in [-0.1, -0.05) is 0 Å². The summed E-state index contributed by atoms with van der Waals surface area (Å²) in [6.45, 7) is 1.39. The highest BCUT2D eigenvalue weighted by Crippen LogP contribution is 2.17. The average molecular weight is 281 g/mol. The Labute approximate surface area is 109 Å². The van der Waals surface area contributed by atoms with Gasteiger partial charge in [0.15, 0.2) is 0 Å². The SMILES string of the molecule is CNCCCN(C)S(=O)(=O)NC1CCSCC1. The van der Waals surface area contributed by atoms with Crippen LogP contribution in [0.2, 0.25) is 0 Å². The molecule has 7 heteroatoms. The van der Waals surface area contributed by atoms with Crippen LogP contribution in [0.5, 0.6) is 0 Å². The monoisotopic (exact) mass is 281 g/mol. The lowest BCUT2D eigenvalue weighted by atomic mass is 10.2. The summed E-state index contributed by atoms with van der Waals surface area (Å²) in [6.07, 6.45) is 2.71. The number of thioether (sulfide) groups is 1. The Bertz CT molecular complexity index is 303. The van der Waals surface area contributed by atoms with E-state index in [0.717, 1.165) is 37.3 Å². The minimum absolute atomic E-state index is 0.119. The molecule has 5 nitrogen and oxygen atoms in total. The van der Waals surface area contributed by atoms with E-state index in [1.54, 1.807) is 7.05 Å². The summed E-state index contributed by atoms with van der Waals surface area (Å²) in [6, 6.07) is 0.119. The molecular weight excluding hydrogens is 258 g/mol. The fraction of sp³-hybridized carbons (Fsp3) is 1.00. The first-order valence-electron chi connectivity index (χ1n) is 6.02. The molecule has 1 heterocycles. The minimum atomic E-state index is -3.29. The standard InChI is InChI=1S/C10H23N3O2S2/c1-11-6-3-7-13(2)17(14,15)12-10-4-8-16-9-5-10/h10-12H,3-9H2,1-2H3. The van der Waals surface area contributed by atoms with Crippen molar-refractivity contribution < 1.29 is 8.42 Å². The molecule has 0 atom stereocenters. The van der Waals surface area contributed by atoms with Crippen molar-refractivity contribution in [1.82, 2.24) is 14.3 Å². The van der Waals surface area contributed by atoms with E-state index >= 15 is 0 Å². The van der Waals surface area contributed by atoms with Crippen LogP contribution < -0.4 is 10.0 Å². The molecule has 0 radical (unpaired) electrons. The second-order valence-electron chi connectivity index (χ2n) is 4.29. The van der Waals surface area contributed by atoms with Crippen molar-refractivity contribution in [2.24, 2.45) is 0 Å². The molecule has 0 aromatic rings. The van der Waals surface area contributed by atoms with Crippen molar-refractivity contribution in [3.63, 3.8) is 0 Å². The van der Waals surface area contributed by atoms with Gasteiger partial charge < -0.3 is 5.32 Å². The van der Waals surface area contributed by atoms with Gasteiger partial charge in [0, 0.05) is 19.6 Å². The summed E-state index contributed by atoms with van der Waals surface area (Å²) < 4.78 is 28.2. The zero-order valence-electron chi connectivity index (χ0n) is 10.6. The van der Waals surface area contributed by atoms with Gasteiger partial charge in [-0.2, -0.15) is 29.2 Å². The van der Waals surface area contributed by atoms with E-state index < -0.39 is 10.2 Å². The van der Waals surface area contributed by atoms with Gasteiger partial charge in [-0.25, -0.2) is 0 Å². The normalized spacial score (nSPS) is 18.8. The van der Waals surface area contributed by atoms with Crippen LogP contribution in [-0.4, -0.2) is 57.5 Å². The third kappa shape index (κ3) is 5.56. The molecule has 0 saturated carbocycles. The van der Waals surface area contributed by atoms with Gasteiger partial charge in [0.1, 0.15) is 0 Å². The van der Waals surface area contributed by atoms with Gasteiger partial charge >= 0.3 is 0 Å². The van der Waals surface area contributed by atoms with E-state index in [1.807, 2.05) is 18.8 Å². The quantitative estimate of drug-likeness (QED) is 0.657. The van der Waals surface area contributed by atoms with E-state index in [9.17, 15) is 8.42 Å². The predicted molar refractivity (Wildman–Crippen MR) is 73.6 cm³/mol. The second-order valence-corrected chi connectivity index (χ2v) is 7.32. The molecule has 1 aliphatic rings. The van der Waals surface area contributed by atoms with Crippen LogP contribution in [-0.2, 0) is 10.2 Å². The molecule has 0 amide bonds. The Morgan fingerprint density at radius 2 is 2.00 bits per heavy atom. The first-order chi connectivity index (χ1) is 8.06. The van der Waals surface area contributed by atoms with Crippen molar-refractivity contribution in [2.75, 3.05) is 38.7 Å². The molecule has 0 aliphatic carbocycles. The Kier molecular flexibility index (Phi) is 6.79. The molecule has 0 aromatic heterocycles. The number of hydrogen-bond donors (Lipinski definition) is 2. The Morgan fingerprint density at radius 1 is 1.35 bits per heavy atom. The van der Waals surface area contributed by atoms with Crippen LogP contribution in [0.4, 0.5) is 0 Å². The largest absolute Gasteiger partial charge is 0.320 e. The van der Waals surface area contributed by atoms with Gasteiger partial charge in [0.2, 0.25) is 0 Å². The van der Waals surface area contributed by atoms with Gasteiger partial charge in [-0.15, -0.1) is 0 Å². The summed E-state index contributed by atoms with van der Waals surface area (Å²) >= 11 is 1.89. The molecule has 1 aliphatic heterocycles. The first-order valence-corrected chi connectivity index (χ1v) is 8.61. The zero-order valence-corrected chi connectivity index (χ0v) is 12.2. The van der Waals surface area contributed by atoms with Gasteiger partial charge in [-0.05, 0) is 44.4 Å². The summed E-state index contributed by atoms with van der Waals surface area (Å²) in [5, 5.41) is 3.01. The van der Waals surface area contributed by atoms with E-state index in [4.69, 9.17) is 0 Å². The smallest absolute Gasteiger partial charge is 0.279 e. The fourth-order valence-electron chi connectivity index (χ4n) is 1.71. The molecule has 102 valence electrons. The number of nitrogens with one attached hydrogen (secondary N) is 2. The Balaban J connectivity index is 2.37. The van der Waals surface area contributed by atoms with E-state index in [-0.39, 0.29) is 6.04 Å². The summed E-state index contributed by atoms with van der Waals surface area (Å²) in [5.74, 6) is 2.10. The molecule has 0 aromatic carbocycles. The Morgan fingerprint density at radius 3 is 2.59 bits per heavy atom. The van der Waals surface area contributed by atoms with Crippen LogP contribution in [0.3, 0.4) is 0 Å². The highest BCUT2D eigenvalue weighted by molar-refractivity contribution is 7.99. The van der Waals surface area contributed by atoms with Gasteiger partial charge in [-0.3, -0.25) is 0 Å². The van der Waals surface area contributed by atoms with E-state index in [0.29, 0.717) is 6.54 Å². The third-order valence-electron chi connectivity index (χ3n) is 2.85. The van der Waals surface area contributed by atoms with Crippen LogP contribution in [0.15, 0.2) is 0 Å². The molecular formula is C10H23N3O2S2. The van der Waals surface area contributed by atoms with Crippen molar-refractivity contribution in [1.29, 1.82) is 0 Å². The van der Waals surface area contributed by atoms with Gasteiger partial charge in [0.25, 0.3) is 10.2 Å². The van der Waals surface area contributed by atoms with Gasteiger partial charge in [0.05, 0.1) is 0 Å². The van der Waals surface area contributed by atoms with Crippen molar-refractivity contribution in [3.05, 3.63) is 0 Å². The molecule has 1 fully saturated rings. The van der Waals surface area contributed by atoms with Crippen LogP contribution in [0.1, 0.15) is 19.3 Å². The maximum Gasteiger partial charge on any atom is 0.279 e. The fourth-order valence-corrected chi connectivity index (χ4v) is 4.03. The van der Waals surface area contributed by atoms with Crippen LogP contribution in [0, 0.1) is 0 Å². The molecule has 2 N–H and O–H groups in total. The minimum Gasteiger partial charge on any atom is -0.320 e. The summed E-state index contributed by atoms with van der Waals surface area (Å²) in [5.41, 5.74) is 0. The lowest BCUT2D eigenvalue weighted by molar-refractivity contribution is 0.432. The maximum absolute atomic E-state index is 12.0. The third-order valence-corrected chi connectivity index (χ3v) is 5.53. The molecule has 1 saturated heterocycles. The van der Waals surface area contributed by atoms with E-state index in [2.05, 4.69) is 10.0 Å². The molecule has 0 bridgehead atoms. The molecule has 17 heavy (non-hydrogen) atoms. The highest BCUT2D eigenvalue weighted by Gasteiger charge is 2.23. The lowest BCUT2D eigenvalue weighted by Crippen LogP contribution is -2.45. The lowest BCUT2D eigenvalue weighted by Gasteiger charge is -2.25. The van der Waals surface area contributed by atoms with Crippen LogP contribution >= 0.6 is 11.8 Å². The topological polar surface area (TPSA) is 61.4 Å². The number of nitrogens with zero attached hydrogens (tertiary/aromatic N) is 1. The highest BCUT2D eigenvalue weighted by atomic mass is 32.2. The first kappa shape index (κ1) is 15.2. The molecule has 0 unspecified atom stereocenters. The Hall–Kier alpha value is 0.180. The van der Waals surface area contributed by atoms with Crippen LogP contribution in [0.25, 0.3) is 0 Å². The maximum atomic E-state index is 12.0. The summed E-state index contributed by atoms with van der Waals surface area (Å²) in [4.78, 5) is 0.